The van der Waals surface area contributed by atoms with Crippen LogP contribution >= 0.6 is 11.8 Å². The van der Waals surface area contributed by atoms with Gasteiger partial charge in [-0.05, 0) is 36.1 Å². The minimum absolute atomic E-state index is 0.0221. The molecule has 2 amide bonds. The second kappa shape index (κ2) is 9.56. The molecule has 0 spiro atoms. The highest BCUT2D eigenvalue weighted by Crippen LogP contribution is 2.39. The predicted molar refractivity (Wildman–Crippen MR) is 119 cm³/mol. The van der Waals surface area contributed by atoms with E-state index in [4.69, 9.17) is 4.74 Å². The highest BCUT2D eigenvalue weighted by Gasteiger charge is 2.33. The highest BCUT2D eigenvalue weighted by molar-refractivity contribution is 8.00. The molecule has 2 fully saturated rings. The van der Waals surface area contributed by atoms with E-state index in [0.717, 1.165) is 11.1 Å². The zero-order valence-electron chi connectivity index (χ0n) is 17.5. The van der Waals surface area contributed by atoms with Crippen molar-refractivity contribution in [1.82, 2.24) is 9.80 Å². The minimum atomic E-state index is -0.194. The van der Waals surface area contributed by atoms with E-state index in [1.165, 1.54) is 7.11 Å². The minimum Gasteiger partial charge on any atom is -0.469 e. The standard InChI is InChI=1S/C24H26N2O4S/c1-30-24(29)20-11-13-25(14-12-20)22(28)18-7-9-19(10-8-18)23-26(21(27)16-31-23)15-17-5-3-2-4-6-17/h2-10,20,23H,11-16H2,1H3/t23-/m1/s1. The molecule has 0 radical (unpaired) electrons. The van der Waals surface area contributed by atoms with E-state index >= 15 is 0 Å². The molecule has 162 valence electrons. The summed E-state index contributed by atoms with van der Waals surface area (Å²) < 4.78 is 4.81. The molecule has 2 heterocycles. The maximum absolute atomic E-state index is 12.9. The van der Waals surface area contributed by atoms with E-state index in [1.807, 2.05) is 59.5 Å². The summed E-state index contributed by atoms with van der Waals surface area (Å²) in [6.07, 6.45) is 1.26. The lowest BCUT2D eigenvalue weighted by molar-refractivity contribution is -0.146. The van der Waals surface area contributed by atoms with Crippen molar-refractivity contribution in [2.24, 2.45) is 5.92 Å². The molecule has 7 heteroatoms. The molecular weight excluding hydrogens is 412 g/mol. The second-order valence-corrected chi connectivity index (χ2v) is 8.95. The van der Waals surface area contributed by atoms with Gasteiger partial charge < -0.3 is 14.5 Å². The number of benzene rings is 2. The van der Waals surface area contributed by atoms with E-state index in [9.17, 15) is 14.4 Å². The number of esters is 1. The number of carbonyl (C=O) groups is 3. The topological polar surface area (TPSA) is 66.9 Å². The number of hydrogen-bond acceptors (Lipinski definition) is 5. The number of nitrogens with zero attached hydrogens (tertiary/aromatic N) is 2. The van der Waals surface area contributed by atoms with Crippen LogP contribution in [0.1, 0.15) is 39.7 Å². The van der Waals surface area contributed by atoms with Crippen LogP contribution in [0, 0.1) is 5.92 Å². The summed E-state index contributed by atoms with van der Waals surface area (Å²) in [6, 6.07) is 17.6. The SMILES string of the molecule is COC(=O)C1CCN(C(=O)c2ccc([C@H]3SCC(=O)N3Cc3ccccc3)cc2)CC1. The number of hydrogen-bond donors (Lipinski definition) is 0. The molecule has 31 heavy (non-hydrogen) atoms. The molecular formula is C24H26N2O4S. The van der Waals surface area contributed by atoms with E-state index in [0.29, 0.717) is 43.8 Å². The maximum atomic E-state index is 12.9. The fourth-order valence-corrected chi connectivity index (χ4v) is 5.33. The second-order valence-electron chi connectivity index (χ2n) is 7.88. The fraction of sp³-hybridized carbons (Fsp3) is 0.375. The van der Waals surface area contributed by atoms with Crippen LogP contribution in [-0.4, -0.2) is 53.5 Å². The Morgan fingerprint density at radius 1 is 1.03 bits per heavy atom. The quantitative estimate of drug-likeness (QED) is 0.669. The van der Waals surface area contributed by atoms with Crippen LogP contribution in [0.15, 0.2) is 54.6 Å². The fourth-order valence-electron chi connectivity index (χ4n) is 4.14. The Labute approximate surface area is 186 Å². The molecule has 2 saturated heterocycles. The van der Waals surface area contributed by atoms with Crippen molar-refractivity contribution in [3.05, 3.63) is 71.3 Å². The van der Waals surface area contributed by atoms with Crippen LogP contribution in [0.4, 0.5) is 0 Å². The number of likely N-dealkylation sites (tertiary alicyclic amines) is 1. The molecule has 2 aromatic carbocycles. The molecule has 2 aromatic rings. The summed E-state index contributed by atoms with van der Waals surface area (Å²) in [7, 11) is 1.40. The number of thioether (sulfide) groups is 1. The predicted octanol–water partition coefficient (Wildman–Crippen LogP) is 3.49. The molecule has 1 atom stereocenters. The van der Waals surface area contributed by atoms with Gasteiger partial charge in [-0.1, -0.05) is 42.5 Å². The van der Waals surface area contributed by atoms with Crippen molar-refractivity contribution < 1.29 is 19.1 Å². The largest absolute Gasteiger partial charge is 0.469 e. The Hall–Kier alpha value is -2.80. The molecule has 0 bridgehead atoms. The van der Waals surface area contributed by atoms with Crippen molar-refractivity contribution in [3.8, 4) is 0 Å². The Morgan fingerprint density at radius 3 is 2.35 bits per heavy atom. The molecule has 0 saturated carbocycles. The van der Waals surface area contributed by atoms with Gasteiger partial charge in [-0.25, -0.2) is 0 Å². The zero-order chi connectivity index (χ0) is 21.8. The van der Waals surface area contributed by atoms with Crippen molar-refractivity contribution in [1.29, 1.82) is 0 Å². The molecule has 0 unspecified atom stereocenters. The van der Waals surface area contributed by atoms with Gasteiger partial charge in [0.1, 0.15) is 5.37 Å². The Bertz CT molecular complexity index is 940. The summed E-state index contributed by atoms with van der Waals surface area (Å²) in [5.74, 6) is 0.260. The van der Waals surface area contributed by atoms with E-state index in [2.05, 4.69) is 0 Å². The number of carbonyl (C=O) groups excluding carboxylic acids is 3. The van der Waals surface area contributed by atoms with Gasteiger partial charge in [0.15, 0.2) is 0 Å². The van der Waals surface area contributed by atoms with Crippen molar-refractivity contribution in [2.45, 2.75) is 24.8 Å². The first-order valence-corrected chi connectivity index (χ1v) is 11.5. The summed E-state index contributed by atoms with van der Waals surface area (Å²) in [5.41, 5.74) is 2.75. The molecule has 2 aliphatic heterocycles. The van der Waals surface area contributed by atoms with Gasteiger partial charge in [-0.15, -0.1) is 11.8 Å². The first-order chi connectivity index (χ1) is 15.1. The van der Waals surface area contributed by atoms with Gasteiger partial charge >= 0.3 is 5.97 Å². The summed E-state index contributed by atoms with van der Waals surface area (Å²) in [4.78, 5) is 40.7. The molecule has 0 aliphatic carbocycles. The lowest BCUT2D eigenvalue weighted by atomic mass is 9.96. The average Bonchev–Trinajstić information content (AvgIpc) is 3.19. The Morgan fingerprint density at radius 2 is 1.71 bits per heavy atom. The van der Waals surface area contributed by atoms with Crippen molar-refractivity contribution >= 4 is 29.5 Å². The monoisotopic (exact) mass is 438 g/mol. The molecule has 0 N–H and O–H groups in total. The third kappa shape index (κ3) is 4.77. The van der Waals surface area contributed by atoms with E-state index in [-0.39, 0.29) is 29.1 Å². The third-order valence-electron chi connectivity index (χ3n) is 5.92. The van der Waals surface area contributed by atoms with Gasteiger partial charge in [-0.3, -0.25) is 14.4 Å². The number of methoxy groups -OCH3 is 1. The summed E-state index contributed by atoms with van der Waals surface area (Å²) >= 11 is 1.62. The number of amides is 2. The number of rotatable bonds is 5. The zero-order valence-corrected chi connectivity index (χ0v) is 18.3. The smallest absolute Gasteiger partial charge is 0.308 e. The number of piperidine rings is 1. The van der Waals surface area contributed by atoms with Crippen LogP contribution in [0.5, 0.6) is 0 Å². The normalized spacial score (nSPS) is 19.5. The third-order valence-corrected chi connectivity index (χ3v) is 7.18. The lowest BCUT2D eigenvalue weighted by Crippen LogP contribution is -2.40. The summed E-state index contributed by atoms with van der Waals surface area (Å²) in [5, 5.41) is -0.0485. The van der Waals surface area contributed by atoms with Gasteiger partial charge in [0.05, 0.1) is 18.8 Å². The van der Waals surface area contributed by atoms with Crippen LogP contribution in [0.2, 0.25) is 0 Å². The van der Waals surface area contributed by atoms with E-state index < -0.39 is 0 Å². The van der Waals surface area contributed by atoms with Crippen molar-refractivity contribution in [2.75, 3.05) is 26.0 Å². The first kappa shape index (κ1) is 21.4. The van der Waals surface area contributed by atoms with Crippen LogP contribution < -0.4 is 0 Å². The van der Waals surface area contributed by atoms with Crippen LogP contribution in [0.3, 0.4) is 0 Å². The average molecular weight is 439 g/mol. The van der Waals surface area contributed by atoms with Crippen LogP contribution in [0.25, 0.3) is 0 Å². The van der Waals surface area contributed by atoms with Crippen LogP contribution in [-0.2, 0) is 20.9 Å². The molecule has 6 nitrogen and oxygen atoms in total. The Balaban J connectivity index is 1.41. The first-order valence-electron chi connectivity index (χ1n) is 10.5. The maximum Gasteiger partial charge on any atom is 0.308 e. The van der Waals surface area contributed by atoms with Gasteiger partial charge in [0.25, 0.3) is 5.91 Å². The number of ether oxygens (including phenoxy) is 1. The molecule has 0 aromatic heterocycles. The van der Waals surface area contributed by atoms with Crippen molar-refractivity contribution in [3.63, 3.8) is 0 Å². The molecule has 4 rings (SSSR count). The van der Waals surface area contributed by atoms with E-state index in [1.54, 1.807) is 16.7 Å². The van der Waals surface area contributed by atoms with Gasteiger partial charge in [-0.2, -0.15) is 0 Å². The Kier molecular flexibility index (Phi) is 6.61. The van der Waals surface area contributed by atoms with Gasteiger partial charge in [0.2, 0.25) is 5.91 Å². The summed E-state index contributed by atoms with van der Waals surface area (Å²) in [6.45, 7) is 1.68. The molecule has 2 aliphatic rings. The highest BCUT2D eigenvalue weighted by atomic mass is 32.2. The lowest BCUT2D eigenvalue weighted by Gasteiger charge is -2.31. The van der Waals surface area contributed by atoms with Gasteiger partial charge in [0, 0.05) is 25.2 Å².